The summed E-state index contributed by atoms with van der Waals surface area (Å²) in [4.78, 5) is 37.4. The van der Waals surface area contributed by atoms with Crippen molar-refractivity contribution in [3.05, 3.63) is 64.7 Å². The van der Waals surface area contributed by atoms with Gasteiger partial charge in [-0.25, -0.2) is 0 Å². The van der Waals surface area contributed by atoms with Gasteiger partial charge >= 0.3 is 0 Å². The number of benzene rings is 2. The second-order valence-corrected chi connectivity index (χ2v) is 6.61. The third kappa shape index (κ3) is 6.75. The Labute approximate surface area is 163 Å². The summed E-state index contributed by atoms with van der Waals surface area (Å²) in [7, 11) is 1.55. The SMILES string of the molecule is Cc1ccc(NC(=O)CN(C)C(=O)CCNC(=O)c2ccc(Cl)cc2)cc1. The third-order valence-corrected chi connectivity index (χ3v) is 4.12. The average molecular weight is 388 g/mol. The molecule has 0 radical (unpaired) electrons. The molecular formula is C20H22ClN3O3. The van der Waals surface area contributed by atoms with Gasteiger partial charge in [-0.05, 0) is 43.3 Å². The molecular weight excluding hydrogens is 366 g/mol. The number of nitrogens with one attached hydrogen (secondary N) is 2. The molecule has 0 atom stereocenters. The van der Waals surface area contributed by atoms with Crippen molar-refractivity contribution in [1.29, 1.82) is 0 Å². The molecule has 0 aromatic heterocycles. The topological polar surface area (TPSA) is 78.5 Å². The molecule has 2 aromatic carbocycles. The van der Waals surface area contributed by atoms with E-state index in [1.807, 2.05) is 19.1 Å². The van der Waals surface area contributed by atoms with Gasteiger partial charge in [0.1, 0.15) is 0 Å². The summed E-state index contributed by atoms with van der Waals surface area (Å²) in [5, 5.41) is 5.96. The zero-order chi connectivity index (χ0) is 19.8. The van der Waals surface area contributed by atoms with Crippen molar-refractivity contribution in [2.24, 2.45) is 0 Å². The summed E-state index contributed by atoms with van der Waals surface area (Å²) in [5.74, 6) is -0.787. The van der Waals surface area contributed by atoms with Crippen LogP contribution in [0, 0.1) is 6.92 Å². The van der Waals surface area contributed by atoms with Crippen LogP contribution in [-0.4, -0.2) is 42.8 Å². The molecule has 2 N–H and O–H groups in total. The number of amides is 3. The molecule has 0 bridgehead atoms. The van der Waals surface area contributed by atoms with Gasteiger partial charge in [0.2, 0.25) is 11.8 Å². The fourth-order valence-electron chi connectivity index (χ4n) is 2.32. The number of aryl methyl sites for hydroxylation is 1. The Morgan fingerprint density at radius 2 is 1.63 bits per heavy atom. The molecule has 2 aromatic rings. The van der Waals surface area contributed by atoms with Crippen LogP contribution in [0.3, 0.4) is 0 Å². The highest BCUT2D eigenvalue weighted by Gasteiger charge is 2.13. The lowest BCUT2D eigenvalue weighted by atomic mass is 10.2. The van der Waals surface area contributed by atoms with Crippen molar-refractivity contribution < 1.29 is 14.4 Å². The minimum absolute atomic E-state index is 0.0577. The van der Waals surface area contributed by atoms with Crippen LogP contribution in [0.25, 0.3) is 0 Å². The standard InChI is InChI=1S/C20H22ClN3O3/c1-14-3-9-17(10-4-14)23-18(25)13-24(2)19(26)11-12-22-20(27)15-5-7-16(21)8-6-15/h3-10H,11-13H2,1-2H3,(H,22,27)(H,23,25). The Balaban J connectivity index is 1.73. The van der Waals surface area contributed by atoms with Crippen LogP contribution in [0.2, 0.25) is 5.02 Å². The minimum Gasteiger partial charge on any atom is -0.352 e. The summed E-state index contributed by atoms with van der Waals surface area (Å²) in [6.07, 6.45) is 0.105. The molecule has 0 aliphatic rings. The summed E-state index contributed by atoms with van der Waals surface area (Å²) >= 11 is 5.78. The molecule has 0 saturated carbocycles. The minimum atomic E-state index is -0.278. The lowest BCUT2D eigenvalue weighted by molar-refractivity contribution is -0.133. The highest BCUT2D eigenvalue weighted by molar-refractivity contribution is 6.30. The zero-order valence-corrected chi connectivity index (χ0v) is 16.0. The molecule has 6 nitrogen and oxygen atoms in total. The number of nitrogens with zero attached hydrogens (tertiary/aromatic N) is 1. The quantitative estimate of drug-likeness (QED) is 0.766. The predicted octanol–water partition coefficient (Wildman–Crippen LogP) is 2.87. The number of carbonyl (C=O) groups excluding carboxylic acids is 3. The summed E-state index contributed by atoms with van der Waals surface area (Å²) < 4.78 is 0. The Kier molecular flexibility index (Phi) is 7.37. The molecule has 0 aliphatic heterocycles. The van der Waals surface area contributed by atoms with E-state index in [1.54, 1.807) is 43.4 Å². The van der Waals surface area contributed by atoms with Crippen LogP contribution in [0.5, 0.6) is 0 Å². The molecule has 0 saturated heterocycles. The number of hydrogen-bond donors (Lipinski definition) is 2. The second kappa shape index (κ2) is 9.73. The third-order valence-electron chi connectivity index (χ3n) is 3.87. The van der Waals surface area contributed by atoms with Crippen LogP contribution in [0.4, 0.5) is 5.69 Å². The first-order chi connectivity index (χ1) is 12.8. The number of halogens is 1. The molecule has 0 heterocycles. The molecule has 2 rings (SSSR count). The van der Waals surface area contributed by atoms with E-state index >= 15 is 0 Å². The molecule has 0 aliphatic carbocycles. The van der Waals surface area contributed by atoms with E-state index in [0.29, 0.717) is 16.3 Å². The second-order valence-electron chi connectivity index (χ2n) is 6.18. The van der Waals surface area contributed by atoms with E-state index in [4.69, 9.17) is 11.6 Å². The van der Waals surface area contributed by atoms with Gasteiger partial charge in [0.25, 0.3) is 5.91 Å². The van der Waals surface area contributed by atoms with E-state index in [2.05, 4.69) is 10.6 Å². The highest BCUT2D eigenvalue weighted by Crippen LogP contribution is 2.10. The predicted molar refractivity (Wildman–Crippen MR) is 106 cm³/mol. The van der Waals surface area contributed by atoms with Crippen molar-refractivity contribution in [1.82, 2.24) is 10.2 Å². The van der Waals surface area contributed by atoms with Crippen molar-refractivity contribution in [3.63, 3.8) is 0 Å². The van der Waals surface area contributed by atoms with Crippen molar-refractivity contribution in [2.75, 3.05) is 25.5 Å². The van der Waals surface area contributed by atoms with Crippen molar-refractivity contribution in [3.8, 4) is 0 Å². The molecule has 27 heavy (non-hydrogen) atoms. The normalized spacial score (nSPS) is 10.2. The van der Waals surface area contributed by atoms with Gasteiger partial charge in [-0.3, -0.25) is 14.4 Å². The Hall–Kier alpha value is -2.86. The smallest absolute Gasteiger partial charge is 0.251 e. The average Bonchev–Trinajstić information content (AvgIpc) is 2.63. The van der Waals surface area contributed by atoms with E-state index in [1.165, 1.54) is 4.90 Å². The first kappa shape index (κ1) is 20.5. The fourth-order valence-corrected chi connectivity index (χ4v) is 2.44. The summed E-state index contributed by atoms with van der Waals surface area (Å²) in [6.45, 7) is 2.09. The van der Waals surface area contributed by atoms with Gasteiger partial charge in [-0.1, -0.05) is 29.3 Å². The fraction of sp³-hybridized carbons (Fsp3) is 0.250. The maximum absolute atomic E-state index is 12.1. The highest BCUT2D eigenvalue weighted by atomic mass is 35.5. The van der Waals surface area contributed by atoms with Crippen molar-refractivity contribution in [2.45, 2.75) is 13.3 Å². The van der Waals surface area contributed by atoms with E-state index < -0.39 is 0 Å². The Bertz CT molecular complexity index is 804. The molecule has 142 valence electrons. The van der Waals surface area contributed by atoms with Gasteiger partial charge in [0.05, 0.1) is 6.54 Å². The van der Waals surface area contributed by atoms with Gasteiger partial charge in [0, 0.05) is 36.3 Å². The van der Waals surface area contributed by atoms with E-state index in [0.717, 1.165) is 5.56 Å². The molecule has 0 fully saturated rings. The van der Waals surface area contributed by atoms with Crippen LogP contribution in [0.15, 0.2) is 48.5 Å². The first-order valence-corrected chi connectivity index (χ1v) is 8.87. The van der Waals surface area contributed by atoms with E-state index in [9.17, 15) is 14.4 Å². The van der Waals surface area contributed by atoms with Crippen LogP contribution in [0.1, 0.15) is 22.3 Å². The van der Waals surface area contributed by atoms with Crippen LogP contribution < -0.4 is 10.6 Å². The van der Waals surface area contributed by atoms with Crippen LogP contribution in [-0.2, 0) is 9.59 Å². The molecule has 0 unspecified atom stereocenters. The monoisotopic (exact) mass is 387 g/mol. The Morgan fingerprint density at radius 1 is 1.00 bits per heavy atom. The Morgan fingerprint density at radius 3 is 2.26 bits per heavy atom. The van der Waals surface area contributed by atoms with E-state index in [-0.39, 0.29) is 37.2 Å². The van der Waals surface area contributed by atoms with Gasteiger partial charge in [-0.15, -0.1) is 0 Å². The summed E-state index contributed by atoms with van der Waals surface area (Å²) in [5.41, 5.74) is 2.25. The number of rotatable bonds is 7. The lowest BCUT2D eigenvalue weighted by Gasteiger charge is -2.17. The van der Waals surface area contributed by atoms with Gasteiger partial charge in [0.15, 0.2) is 0 Å². The molecule has 7 heteroatoms. The molecule has 3 amide bonds. The first-order valence-electron chi connectivity index (χ1n) is 8.49. The maximum Gasteiger partial charge on any atom is 0.251 e. The number of anilines is 1. The number of carbonyl (C=O) groups is 3. The van der Waals surface area contributed by atoms with Crippen molar-refractivity contribution >= 4 is 35.0 Å². The van der Waals surface area contributed by atoms with Gasteiger partial charge < -0.3 is 15.5 Å². The summed E-state index contributed by atoms with van der Waals surface area (Å²) in [6, 6.07) is 13.9. The maximum atomic E-state index is 12.1. The lowest BCUT2D eigenvalue weighted by Crippen LogP contribution is -2.37. The number of likely N-dealkylation sites (N-methyl/N-ethyl adjacent to an activating group) is 1. The van der Waals surface area contributed by atoms with Crippen LogP contribution >= 0.6 is 11.6 Å². The largest absolute Gasteiger partial charge is 0.352 e. The van der Waals surface area contributed by atoms with Gasteiger partial charge in [-0.2, -0.15) is 0 Å². The number of hydrogen-bond acceptors (Lipinski definition) is 3. The molecule has 0 spiro atoms. The zero-order valence-electron chi connectivity index (χ0n) is 15.3.